The van der Waals surface area contributed by atoms with E-state index < -0.39 is 0 Å². The molecule has 0 fully saturated rings. The Morgan fingerprint density at radius 1 is 1.57 bits per heavy atom. The van der Waals surface area contributed by atoms with Gasteiger partial charge in [0.25, 0.3) is 0 Å². The van der Waals surface area contributed by atoms with Gasteiger partial charge >= 0.3 is 0 Å². The minimum Gasteiger partial charge on any atom is -0.324 e. The van der Waals surface area contributed by atoms with E-state index in [9.17, 15) is 4.79 Å². The highest BCUT2D eigenvalue weighted by Gasteiger charge is 2.31. The minimum absolute atomic E-state index is 0.0325. The molecule has 0 aliphatic carbocycles. The summed E-state index contributed by atoms with van der Waals surface area (Å²) in [6.45, 7) is 2.70. The number of halogens is 1. The van der Waals surface area contributed by atoms with E-state index in [0.29, 0.717) is 5.02 Å². The van der Waals surface area contributed by atoms with Crippen LogP contribution in [0.1, 0.15) is 18.5 Å². The summed E-state index contributed by atoms with van der Waals surface area (Å²) < 4.78 is 0. The summed E-state index contributed by atoms with van der Waals surface area (Å²) >= 11 is 6.03. The van der Waals surface area contributed by atoms with Crippen LogP contribution < -0.4 is 10.6 Å². The van der Waals surface area contributed by atoms with Crippen LogP contribution >= 0.6 is 11.6 Å². The van der Waals surface area contributed by atoms with E-state index in [0.717, 1.165) is 17.8 Å². The number of hydrogen-bond donors (Lipinski definition) is 2. The summed E-state index contributed by atoms with van der Waals surface area (Å²) in [5.74, 6) is -0.0325. The molecule has 1 aliphatic rings. The Labute approximate surface area is 87.4 Å². The molecule has 0 bridgehead atoms. The molecule has 1 amide bonds. The molecule has 2 rings (SSSR count). The van der Waals surface area contributed by atoms with Crippen LogP contribution in [0, 0.1) is 0 Å². The lowest BCUT2D eigenvalue weighted by Crippen LogP contribution is -2.27. The van der Waals surface area contributed by atoms with Gasteiger partial charge < -0.3 is 10.6 Å². The molecule has 74 valence electrons. The Morgan fingerprint density at radius 3 is 3.07 bits per heavy atom. The SMILES string of the molecule is CCNC1C(=O)Nc2cccc(Cl)c21. The lowest BCUT2D eigenvalue weighted by atomic mass is 10.1. The average molecular weight is 211 g/mol. The van der Waals surface area contributed by atoms with Crippen LogP contribution in [0.4, 0.5) is 5.69 Å². The molecular weight excluding hydrogens is 200 g/mol. The lowest BCUT2D eigenvalue weighted by molar-refractivity contribution is -0.117. The van der Waals surface area contributed by atoms with Crippen LogP contribution in [0.2, 0.25) is 5.02 Å². The molecule has 1 aromatic carbocycles. The van der Waals surface area contributed by atoms with Gasteiger partial charge in [-0.2, -0.15) is 0 Å². The third-order valence-corrected chi connectivity index (χ3v) is 2.60. The van der Waals surface area contributed by atoms with Crippen molar-refractivity contribution in [2.24, 2.45) is 0 Å². The van der Waals surface area contributed by atoms with E-state index in [1.807, 2.05) is 19.1 Å². The van der Waals surface area contributed by atoms with Crippen molar-refractivity contribution in [3.63, 3.8) is 0 Å². The van der Waals surface area contributed by atoms with E-state index >= 15 is 0 Å². The molecule has 0 radical (unpaired) electrons. The summed E-state index contributed by atoms with van der Waals surface area (Å²) in [7, 11) is 0. The van der Waals surface area contributed by atoms with Gasteiger partial charge in [0.05, 0.1) is 0 Å². The third-order valence-electron chi connectivity index (χ3n) is 2.27. The summed E-state index contributed by atoms with van der Waals surface area (Å²) in [4.78, 5) is 11.5. The monoisotopic (exact) mass is 210 g/mol. The van der Waals surface area contributed by atoms with Gasteiger partial charge in [0.1, 0.15) is 6.04 Å². The number of carbonyl (C=O) groups excluding carboxylic acids is 1. The first-order valence-corrected chi connectivity index (χ1v) is 4.94. The summed E-state index contributed by atoms with van der Waals surface area (Å²) in [5.41, 5.74) is 1.68. The average Bonchev–Trinajstić information content (AvgIpc) is 2.45. The number of carbonyl (C=O) groups is 1. The lowest BCUT2D eigenvalue weighted by Gasteiger charge is -2.10. The molecule has 4 heteroatoms. The zero-order valence-corrected chi connectivity index (χ0v) is 8.56. The minimum atomic E-state index is -0.302. The van der Waals surface area contributed by atoms with Crippen LogP contribution in [0.25, 0.3) is 0 Å². The van der Waals surface area contributed by atoms with Gasteiger partial charge in [0.2, 0.25) is 5.91 Å². The highest BCUT2D eigenvalue weighted by molar-refractivity contribution is 6.32. The van der Waals surface area contributed by atoms with Crippen molar-refractivity contribution >= 4 is 23.2 Å². The molecule has 14 heavy (non-hydrogen) atoms. The molecular formula is C10H11ClN2O. The van der Waals surface area contributed by atoms with Gasteiger partial charge in [-0.15, -0.1) is 0 Å². The van der Waals surface area contributed by atoms with Crippen LogP contribution in [-0.4, -0.2) is 12.5 Å². The predicted octanol–water partition coefficient (Wildman–Crippen LogP) is 1.94. The van der Waals surface area contributed by atoms with Gasteiger partial charge in [0, 0.05) is 16.3 Å². The Hall–Kier alpha value is -1.06. The molecule has 1 aromatic rings. The largest absolute Gasteiger partial charge is 0.324 e. The van der Waals surface area contributed by atoms with Crippen molar-refractivity contribution in [2.75, 3.05) is 11.9 Å². The fourth-order valence-corrected chi connectivity index (χ4v) is 1.96. The summed E-state index contributed by atoms with van der Waals surface area (Å²) in [6, 6.07) is 5.18. The highest BCUT2D eigenvalue weighted by atomic mass is 35.5. The van der Waals surface area contributed by atoms with Crippen molar-refractivity contribution in [1.29, 1.82) is 0 Å². The van der Waals surface area contributed by atoms with Crippen LogP contribution in [-0.2, 0) is 4.79 Å². The Bertz CT molecular complexity index is 378. The zero-order chi connectivity index (χ0) is 10.1. The van der Waals surface area contributed by atoms with Crippen molar-refractivity contribution in [3.05, 3.63) is 28.8 Å². The van der Waals surface area contributed by atoms with Gasteiger partial charge in [-0.05, 0) is 18.7 Å². The van der Waals surface area contributed by atoms with Gasteiger partial charge in [-0.3, -0.25) is 4.79 Å². The van der Waals surface area contributed by atoms with Gasteiger partial charge in [-0.25, -0.2) is 0 Å². The maximum Gasteiger partial charge on any atom is 0.246 e. The van der Waals surface area contributed by atoms with Crippen molar-refractivity contribution in [2.45, 2.75) is 13.0 Å². The highest BCUT2D eigenvalue weighted by Crippen LogP contribution is 2.35. The number of benzene rings is 1. The molecule has 1 heterocycles. The van der Waals surface area contributed by atoms with Crippen LogP contribution in [0.15, 0.2) is 18.2 Å². The van der Waals surface area contributed by atoms with Crippen LogP contribution in [0.3, 0.4) is 0 Å². The van der Waals surface area contributed by atoms with Crippen molar-refractivity contribution < 1.29 is 4.79 Å². The first-order valence-electron chi connectivity index (χ1n) is 4.56. The number of nitrogens with one attached hydrogen (secondary N) is 2. The Balaban J connectivity index is 2.44. The maximum atomic E-state index is 11.5. The van der Waals surface area contributed by atoms with E-state index in [-0.39, 0.29) is 11.9 Å². The third kappa shape index (κ3) is 1.38. The standard InChI is InChI=1S/C10H11ClN2O/c1-2-12-9-8-6(11)4-3-5-7(8)13-10(9)14/h3-5,9,12H,2H2,1H3,(H,13,14). The second-order valence-corrected chi connectivity index (χ2v) is 3.59. The number of fused-ring (bicyclic) bond motifs is 1. The zero-order valence-electron chi connectivity index (χ0n) is 7.80. The molecule has 3 nitrogen and oxygen atoms in total. The Morgan fingerprint density at radius 2 is 2.36 bits per heavy atom. The number of hydrogen-bond acceptors (Lipinski definition) is 2. The van der Waals surface area contributed by atoms with E-state index in [1.54, 1.807) is 6.07 Å². The van der Waals surface area contributed by atoms with Gasteiger partial charge in [-0.1, -0.05) is 24.6 Å². The maximum absolute atomic E-state index is 11.5. The Kier molecular flexibility index (Phi) is 2.44. The first-order chi connectivity index (χ1) is 6.74. The second-order valence-electron chi connectivity index (χ2n) is 3.18. The summed E-state index contributed by atoms with van der Waals surface area (Å²) in [6.07, 6.45) is 0. The van der Waals surface area contributed by atoms with Crippen molar-refractivity contribution in [1.82, 2.24) is 5.32 Å². The molecule has 0 saturated heterocycles. The van der Waals surface area contributed by atoms with E-state index in [4.69, 9.17) is 11.6 Å². The van der Waals surface area contributed by atoms with Crippen LogP contribution in [0.5, 0.6) is 0 Å². The number of rotatable bonds is 2. The number of anilines is 1. The topological polar surface area (TPSA) is 41.1 Å². The normalized spacial score (nSPS) is 19.3. The fraction of sp³-hybridized carbons (Fsp3) is 0.300. The molecule has 0 aromatic heterocycles. The predicted molar refractivity (Wildman–Crippen MR) is 56.5 cm³/mol. The number of amides is 1. The molecule has 0 spiro atoms. The van der Waals surface area contributed by atoms with Gasteiger partial charge in [0.15, 0.2) is 0 Å². The molecule has 1 atom stereocenters. The molecule has 1 unspecified atom stereocenters. The molecule has 2 N–H and O–H groups in total. The first kappa shape index (κ1) is 9.49. The molecule has 0 saturated carbocycles. The fourth-order valence-electron chi connectivity index (χ4n) is 1.67. The van der Waals surface area contributed by atoms with E-state index in [2.05, 4.69) is 10.6 Å². The number of likely N-dealkylation sites (N-methyl/N-ethyl adjacent to an activating group) is 1. The summed E-state index contributed by atoms with van der Waals surface area (Å²) in [5, 5.41) is 6.51. The quantitative estimate of drug-likeness (QED) is 0.784. The smallest absolute Gasteiger partial charge is 0.246 e. The second kappa shape index (κ2) is 3.59. The molecule has 1 aliphatic heterocycles. The van der Waals surface area contributed by atoms with E-state index in [1.165, 1.54) is 0 Å². The van der Waals surface area contributed by atoms with Crippen molar-refractivity contribution in [3.8, 4) is 0 Å².